The van der Waals surface area contributed by atoms with Crippen molar-refractivity contribution in [2.24, 2.45) is 5.92 Å². The molecule has 0 radical (unpaired) electrons. The molecule has 0 bridgehead atoms. The van der Waals surface area contributed by atoms with E-state index in [9.17, 15) is 9.59 Å². The van der Waals surface area contributed by atoms with E-state index in [1.165, 1.54) is 0 Å². The van der Waals surface area contributed by atoms with E-state index in [4.69, 9.17) is 9.84 Å². The van der Waals surface area contributed by atoms with Gasteiger partial charge in [-0.1, -0.05) is 24.3 Å². The Bertz CT molecular complexity index is 785. The van der Waals surface area contributed by atoms with Crippen LogP contribution in [0.1, 0.15) is 30.4 Å². The van der Waals surface area contributed by atoms with Crippen molar-refractivity contribution in [1.82, 2.24) is 0 Å². The summed E-state index contributed by atoms with van der Waals surface area (Å²) in [5, 5.41) is 11.8. The summed E-state index contributed by atoms with van der Waals surface area (Å²) in [6, 6.07) is 14.9. The zero-order valence-corrected chi connectivity index (χ0v) is 14.2. The highest BCUT2D eigenvalue weighted by Crippen LogP contribution is 2.47. The molecule has 2 aromatic carbocycles. The minimum absolute atomic E-state index is 0.0887. The van der Waals surface area contributed by atoms with Gasteiger partial charge in [-0.2, -0.15) is 0 Å². The maximum absolute atomic E-state index is 12.3. The fourth-order valence-electron chi connectivity index (χ4n) is 2.84. The molecule has 0 saturated heterocycles. The summed E-state index contributed by atoms with van der Waals surface area (Å²) >= 11 is 0. The van der Waals surface area contributed by atoms with Crippen molar-refractivity contribution in [1.29, 1.82) is 0 Å². The number of anilines is 1. The van der Waals surface area contributed by atoms with E-state index in [0.29, 0.717) is 17.9 Å². The van der Waals surface area contributed by atoms with Gasteiger partial charge in [0.2, 0.25) is 0 Å². The molecule has 3 rings (SSSR count). The topological polar surface area (TPSA) is 75.6 Å². The average molecular weight is 339 g/mol. The van der Waals surface area contributed by atoms with Gasteiger partial charge in [0.25, 0.3) is 5.91 Å². The molecule has 1 aliphatic carbocycles. The molecule has 0 aromatic heterocycles. The van der Waals surface area contributed by atoms with Gasteiger partial charge in [-0.15, -0.1) is 0 Å². The van der Waals surface area contributed by atoms with Crippen molar-refractivity contribution in [3.8, 4) is 5.75 Å². The molecule has 1 saturated carbocycles. The lowest BCUT2D eigenvalue weighted by Gasteiger charge is -2.15. The Kier molecular flexibility index (Phi) is 4.74. The van der Waals surface area contributed by atoms with Crippen LogP contribution < -0.4 is 10.1 Å². The van der Waals surface area contributed by atoms with Crippen LogP contribution in [0.15, 0.2) is 48.5 Å². The predicted molar refractivity (Wildman–Crippen MR) is 94.8 cm³/mol. The Morgan fingerprint density at radius 2 is 1.92 bits per heavy atom. The van der Waals surface area contributed by atoms with E-state index >= 15 is 0 Å². The number of nitrogens with one attached hydrogen (secondary N) is 1. The van der Waals surface area contributed by atoms with Crippen LogP contribution in [-0.2, 0) is 9.59 Å². The maximum atomic E-state index is 12.3. The SMILES string of the molecule is Cc1cccc(OC(C)C(=O)Nc2ccc([C@H]3C[C@@H]3C(=O)O)cc2)c1. The van der Waals surface area contributed by atoms with Crippen LogP contribution in [0.5, 0.6) is 5.75 Å². The van der Waals surface area contributed by atoms with Gasteiger partial charge >= 0.3 is 5.97 Å². The number of benzene rings is 2. The smallest absolute Gasteiger partial charge is 0.307 e. The summed E-state index contributed by atoms with van der Waals surface area (Å²) in [4.78, 5) is 23.2. The lowest BCUT2D eigenvalue weighted by Crippen LogP contribution is -2.30. The summed E-state index contributed by atoms with van der Waals surface area (Å²) in [6.07, 6.45) is 0.0591. The predicted octanol–water partition coefficient (Wildman–Crippen LogP) is 3.59. The van der Waals surface area contributed by atoms with Crippen molar-refractivity contribution in [3.05, 3.63) is 59.7 Å². The Morgan fingerprint density at radius 3 is 2.52 bits per heavy atom. The molecule has 5 nitrogen and oxygen atoms in total. The summed E-state index contributed by atoms with van der Waals surface area (Å²) in [5.41, 5.74) is 2.73. The quantitative estimate of drug-likeness (QED) is 0.843. The highest BCUT2D eigenvalue weighted by atomic mass is 16.5. The second-order valence-corrected chi connectivity index (χ2v) is 6.47. The van der Waals surface area contributed by atoms with Gasteiger partial charge in [0, 0.05) is 5.69 Å². The summed E-state index contributed by atoms with van der Waals surface area (Å²) in [5.74, 6) is -0.506. The summed E-state index contributed by atoms with van der Waals surface area (Å²) in [7, 11) is 0. The second-order valence-electron chi connectivity index (χ2n) is 6.47. The third-order valence-corrected chi connectivity index (χ3v) is 4.39. The second kappa shape index (κ2) is 6.97. The number of amides is 1. The van der Waals surface area contributed by atoms with Crippen molar-refractivity contribution < 1.29 is 19.4 Å². The minimum atomic E-state index is -0.746. The fraction of sp³-hybridized carbons (Fsp3) is 0.300. The molecule has 1 aliphatic rings. The van der Waals surface area contributed by atoms with E-state index in [2.05, 4.69) is 5.32 Å². The fourth-order valence-corrected chi connectivity index (χ4v) is 2.84. The number of carboxylic acids is 1. The van der Waals surface area contributed by atoms with Crippen LogP contribution in [0, 0.1) is 12.8 Å². The number of aliphatic carboxylic acids is 1. The largest absolute Gasteiger partial charge is 0.481 e. The molecule has 25 heavy (non-hydrogen) atoms. The van der Waals surface area contributed by atoms with Crippen LogP contribution in [0.2, 0.25) is 0 Å². The molecule has 2 N–H and O–H groups in total. The normalized spacial score (nSPS) is 19.8. The maximum Gasteiger partial charge on any atom is 0.307 e. The van der Waals surface area contributed by atoms with Gasteiger partial charge in [-0.05, 0) is 61.6 Å². The average Bonchev–Trinajstić information content (AvgIpc) is 3.36. The van der Waals surface area contributed by atoms with Gasteiger partial charge in [0.1, 0.15) is 5.75 Å². The van der Waals surface area contributed by atoms with E-state index in [0.717, 1.165) is 11.1 Å². The number of carboxylic acid groups (broad SMARTS) is 1. The lowest BCUT2D eigenvalue weighted by molar-refractivity contribution is -0.138. The van der Waals surface area contributed by atoms with Gasteiger partial charge in [-0.25, -0.2) is 0 Å². The van der Waals surface area contributed by atoms with Crippen molar-refractivity contribution >= 4 is 17.6 Å². The van der Waals surface area contributed by atoms with Gasteiger partial charge in [0.15, 0.2) is 6.10 Å². The highest BCUT2D eigenvalue weighted by molar-refractivity contribution is 5.94. The molecule has 0 heterocycles. The van der Waals surface area contributed by atoms with Gasteiger partial charge in [-0.3, -0.25) is 9.59 Å². The van der Waals surface area contributed by atoms with E-state index < -0.39 is 12.1 Å². The van der Waals surface area contributed by atoms with Gasteiger partial charge in [0.05, 0.1) is 5.92 Å². The molecule has 1 amide bonds. The van der Waals surface area contributed by atoms with Crippen LogP contribution >= 0.6 is 0 Å². The zero-order chi connectivity index (χ0) is 18.0. The Morgan fingerprint density at radius 1 is 1.20 bits per heavy atom. The molecule has 1 unspecified atom stereocenters. The first kappa shape index (κ1) is 17.0. The number of rotatable bonds is 6. The number of aryl methyl sites for hydroxylation is 1. The van der Waals surface area contributed by atoms with Crippen LogP contribution in [0.3, 0.4) is 0 Å². The Balaban J connectivity index is 1.56. The number of hydrogen-bond donors (Lipinski definition) is 2. The minimum Gasteiger partial charge on any atom is -0.481 e. The summed E-state index contributed by atoms with van der Waals surface area (Å²) in [6.45, 7) is 3.67. The zero-order valence-electron chi connectivity index (χ0n) is 14.2. The van der Waals surface area contributed by atoms with Crippen molar-refractivity contribution in [2.45, 2.75) is 32.3 Å². The molecule has 3 atom stereocenters. The van der Waals surface area contributed by atoms with Crippen molar-refractivity contribution in [3.63, 3.8) is 0 Å². The first-order chi connectivity index (χ1) is 11.9. The highest BCUT2D eigenvalue weighted by Gasteiger charge is 2.44. The third kappa shape index (κ3) is 4.18. The standard InChI is InChI=1S/C20H21NO4/c1-12-4-3-5-16(10-12)25-13(2)19(22)21-15-8-6-14(7-9-15)17-11-18(17)20(23)24/h3-10,13,17-18H,11H2,1-2H3,(H,21,22)(H,23,24)/t13?,17-,18+/m1/s1. The monoisotopic (exact) mass is 339 g/mol. The Hall–Kier alpha value is -2.82. The third-order valence-electron chi connectivity index (χ3n) is 4.39. The van der Waals surface area contributed by atoms with Crippen molar-refractivity contribution in [2.75, 3.05) is 5.32 Å². The number of hydrogen-bond acceptors (Lipinski definition) is 3. The molecular formula is C20H21NO4. The number of carbonyl (C=O) groups is 2. The van der Waals surface area contributed by atoms with Crippen LogP contribution in [-0.4, -0.2) is 23.1 Å². The molecular weight excluding hydrogens is 318 g/mol. The first-order valence-electron chi connectivity index (χ1n) is 8.31. The molecule has 0 aliphatic heterocycles. The molecule has 0 spiro atoms. The van der Waals surface area contributed by atoms with E-state index in [1.807, 2.05) is 43.3 Å². The lowest BCUT2D eigenvalue weighted by atomic mass is 10.1. The number of ether oxygens (including phenoxy) is 1. The first-order valence-corrected chi connectivity index (χ1v) is 8.31. The summed E-state index contributed by atoms with van der Waals surface area (Å²) < 4.78 is 5.66. The van der Waals surface area contributed by atoms with Crippen LogP contribution in [0.25, 0.3) is 0 Å². The number of carbonyl (C=O) groups excluding carboxylic acids is 1. The Labute approximate surface area is 146 Å². The van der Waals surface area contributed by atoms with Gasteiger partial charge < -0.3 is 15.2 Å². The molecule has 5 heteroatoms. The van der Waals surface area contributed by atoms with Crippen LogP contribution in [0.4, 0.5) is 5.69 Å². The van der Waals surface area contributed by atoms with E-state index in [1.54, 1.807) is 19.1 Å². The molecule has 130 valence electrons. The van der Waals surface area contributed by atoms with E-state index in [-0.39, 0.29) is 17.7 Å². The molecule has 2 aromatic rings. The molecule has 1 fully saturated rings.